The fraction of sp³-hybridized carbons (Fsp3) is 0. The second kappa shape index (κ2) is 5.19. The number of nitrogen functional groups attached to an aromatic ring is 1. The highest BCUT2D eigenvalue weighted by Crippen LogP contribution is 2.38. The number of benzene rings is 2. The van der Waals surface area contributed by atoms with Crippen molar-refractivity contribution < 1.29 is 4.52 Å². The van der Waals surface area contributed by atoms with Crippen LogP contribution in [0, 0.1) is 0 Å². The molecule has 0 atom stereocenters. The topological polar surface area (TPSA) is 52.0 Å². The summed E-state index contributed by atoms with van der Waals surface area (Å²) in [6.45, 7) is 0. The molecule has 2 N–H and O–H groups in total. The SMILES string of the molecule is Nc1noc(-c2ccccc2)c1-c1ccc(Cl)c(Cl)c1. The molecule has 5 heteroatoms. The lowest BCUT2D eigenvalue weighted by molar-refractivity contribution is 0.436. The molecule has 0 aliphatic heterocycles. The zero-order chi connectivity index (χ0) is 14.1. The Morgan fingerprint density at radius 3 is 2.35 bits per heavy atom. The van der Waals surface area contributed by atoms with E-state index in [1.54, 1.807) is 12.1 Å². The smallest absolute Gasteiger partial charge is 0.176 e. The molecule has 0 radical (unpaired) electrons. The van der Waals surface area contributed by atoms with E-state index in [9.17, 15) is 0 Å². The van der Waals surface area contributed by atoms with Crippen LogP contribution in [0.1, 0.15) is 0 Å². The molecule has 100 valence electrons. The van der Waals surface area contributed by atoms with Gasteiger partial charge < -0.3 is 10.3 Å². The molecule has 0 bridgehead atoms. The van der Waals surface area contributed by atoms with E-state index < -0.39 is 0 Å². The lowest BCUT2D eigenvalue weighted by Gasteiger charge is -2.04. The number of anilines is 1. The molecule has 3 rings (SSSR count). The monoisotopic (exact) mass is 304 g/mol. The van der Waals surface area contributed by atoms with Crippen molar-refractivity contribution in [1.29, 1.82) is 0 Å². The van der Waals surface area contributed by atoms with Gasteiger partial charge in [0.1, 0.15) is 0 Å². The van der Waals surface area contributed by atoms with Crippen molar-refractivity contribution in [1.82, 2.24) is 5.16 Å². The Kier molecular flexibility index (Phi) is 3.38. The number of rotatable bonds is 2. The molecule has 0 fully saturated rings. The van der Waals surface area contributed by atoms with Gasteiger partial charge in [-0.05, 0) is 17.7 Å². The molecule has 0 spiro atoms. The number of hydrogen-bond acceptors (Lipinski definition) is 3. The first-order chi connectivity index (χ1) is 9.66. The van der Waals surface area contributed by atoms with Crippen LogP contribution in [0.3, 0.4) is 0 Å². The minimum atomic E-state index is 0.322. The Morgan fingerprint density at radius 2 is 1.65 bits per heavy atom. The highest BCUT2D eigenvalue weighted by Gasteiger charge is 2.18. The standard InChI is InChI=1S/C15H10Cl2N2O/c16-11-7-6-10(8-12(11)17)13-14(20-19-15(13)18)9-4-2-1-3-5-9/h1-8H,(H2,18,19). The Bertz CT molecular complexity index is 754. The van der Waals surface area contributed by atoms with Crippen LogP contribution in [0.5, 0.6) is 0 Å². The molecule has 0 aliphatic rings. The zero-order valence-electron chi connectivity index (χ0n) is 10.3. The third-order valence-corrected chi connectivity index (χ3v) is 3.70. The van der Waals surface area contributed by atoms with E-state index in [0.29, 0.717) is 21.6 Å². The summed E-state index contributed by atoms with van der Waals surface area (Å²) in [5.41, 5.74) is 8.35. The number of hydrogen-bond donors (Lipinski definition) is 1. The van der Waals surface area contributed by atoms with E-state index in [1.165, 1.54) is 0 Å². The van der Waals surface area contributed by atoms with Gasteiger partial charge in [0.2, 0.25) is 0 Å². The molecule has 1 aromatic heterocycles. The maximum atomic E-state index is 6.06. The summed E-state index contributed by atoms with van der Waals surface area (Å²) in [6, 6.07) is 15.0. The minimum absolute atomic E-state index is 0.322. The van der Waals surface area contributed by atoms with Crippen LogP contribution in [-0.2, 0) is 0 Å². The van der Waals surface area contributed by atoms with Crippen molar-refractivity contribution in [2.45, 2.75) is 0 Å². The summed E-state index contributed by atoms with van der Waals surface area (Å²) < 4.78 is 5.35. The van der Waals surface area contributed by atoms with Crippen LogP contribution >= 0.6 is 23.2 Å². The van der Waals surface area contributed by atoms with Crippen molar-refractivity contribution in [3.63, 3.8) is 0 Å². The van der Waals surface area contributed by atoms with Crippen LogP contribution < -0.4 is 5.73 Å². The Balaban J connectivity index is 2.19. The van der Waals surface area contributed by atoms with E-state index in [2.05, 4.69) is 5.16 Å². The van der Waals surface area contributed by atoms with E-state index in [0.717, 1.165) is 16.7 Å². The van der Waals surface area contributed by atoms with E-state index in [1.807, 2.05) is 36.4 Å². The van der Waals surface area contributed by atoms with Gasteiger partial charge in [-0.3, -0.25) is 0 Å². The lowest BCUT2D eigenvalue weighted by atomic mass is 10.0. The van der Waals surface area contributed by atoms with Gasteiger partial charge in [-0.15, -0.1) is 0 Å². The molecule has 2 aromatic carbocycles. The van der Waals surface area contributed by atoms with Crippen molar-refractivity contribution in [2.75, 3.05) is 5.73 Å². The minimum Gasteiger partial charge on any atom is -0.380 e. The van der Waals surface area contributed by atoms with Gasteiger partial charge in [-0.25, -0.2) is 0 Å². The fourth-order valence-electron chi connectivity index (χ4n) is 2.02. The Labute approximate surface area is 125 Å². The molecular weight excluding hydrogens is 295 g/mol. The van der Waals surface area contributed by atoms with Crippen molar-refractivity contribution in [3.05, 3.63) is 58.6 Å². The van der Waals surface area contributed by atoms with Gasteiger partial charge in [-0.1, -0.05) is 64.8 Å². The average molecular weight is 305 g/mol. The molecular formula is C15H10Cl2N2O. The molecule has 0 saturated carbocycles. The molecule has 20 heavy (non-hydrogen) atoms. The number of nitrogens with two attached hydrogens (primary N) is 1. The summed E-state index contributed by atoms with van der Waals surface area (Å²) in [5, 5.41) is 4.80. The third kappa shape index (κ3) is 2.26. The fourth-order valence-corrected chi connectivity index (χ4v) is 2.32. The average Bonchev–Trinajstić information content (AvgIpc) is 2.85. The van der Waals surface area contributed by atoms with Gasteiger partial charge in [0.05, 0.1) is 15.6 Å². The van der Waals surface area contributed by atoms with Crippen LogP contribution in [0.2, 0.25) is 10.0 Å². The van der Waals surface area contributed by atoms with Crippen molar-refractivity contribution >= 4 is 29.0 Å². The first kappa shape index (κ1) is 13.0. The van der Waals surface area contributed by atoms with Gasteiger partial charge in [0.25, 0.3) is 0 Å². The van der Waals surface area contributed by atoms with Gasteiger partial charge in [0, 0.05) is 5.56 Å². The lowest BCUT2D eigenvalue weighted by Crippen LogP contribution is -1.89. The largest absolute Gasteiger partial charge is 0.380 e. The Morgan fingerprint density at radius 1 is 0.900 bits per heavy atom. The molecule has 0 saturated heterocycles. The molecule has 1 heterocycles. The maximum Gasteiger partial charge on any atom is 0.176 e. The summed E-state index contributed by atoms with van der Waals surface area (Å²) in [5.74, 6) is 0.934. The van der Waals surface area contributed by atoms with E-state index >= 15 is 0 Å². The molecule has 0 amide bonds. The molecule has 3 aromatic rings. The van der Waals surface area contributed by atoms with Gasteiger partial charge >= 0.3 is 0 Å². The van der Waals surface area contributed by atoms with Gasteiger partial charge in [-0.2, -0.15) is 0 Å². The normalized spacial score (nSPS) is 10.7. The van der Waals surface area contributed by atoms with Crippen molar-refractivity contribution in [2.24, 2.45) is 0 Å². The number of aromatic nitrogens is 1. The van der Waals surface area contributed by atoms with E-state index in [-0.39, 0.29) is 0 Å². The first-order valence-electron chi connectivity index (χ1n) is 5.93. The molecule has 0 unspecified atom stereocenters. The van der Waals surface area contributed by atoms with Crippen LogP contribution in [0.4, 0.5) is 5.82 Å². The van der Waals surface area contributed by atoms with Crippen LogP contribution in [-0.4, -0.2) is 5.16 Å². The first-order valence-corrected chi connectivity index (χ1v) is 6.68. The summed E-state index contributed by atoms with van der Waals surface area (Å²) in [4.78, 5) is 0. The quantitative estimate of drug-likeness (QED) is 0.732. The maximum absolute atomic E-state index is 6.06. The summed E-state index contributed by atoms with van der Waals surface area (Å²) in [7, 11) is 0. The Hall–Kier alpha value is -1.97. The summed E-state index contributed by atoms with van der Waals surface area (Å²) >= 11 is 12.0. The van der Waals surface area contributed by atoms with Crippen LogP contribution in [0.15, 0.2) is 53.1 Å². The summed E-state index contributed by atoms with van der Waals surface area (Å²) in [6.07, 6.45) is 0. The zero-order valence-corrected chi connectivity index (χ0v) is 11.8. The van der Waals surface area contributed by atoms with Crippen LogP contribution in [0.25, 0.3) is 22.5 Å². The third-order valence-electron chi connectivity index (χ3n) is 2.96. The van der Waals surface area contributed by atoms with E-state index in [4.69, 9.17) is 33.5 Å². The second-order valence-corrected chi connectivity index (χ2v) is 5.08. The highest BCUT2D eigenvalue weighted by molar-refractivity contribution is 6.42. The second-order valence-electron chi connectivity index (χ2n) is 4.27. The number of nitrogens with zero attached hydrogens (tertiary/aromatic N) is 1. The molecule has 0 aliphatic carbocycles. The highest BCUT2D eigenvalue weighted by atomic mass is 35.5. The molecule has 3 nitrogen and oxygen atoms in total. The predicted molar refractivity (Wildman–Crippen MR) is 81.8 cm³/mol. The van der Waals surface area contributed by atoms with Gasteiger partial charge in [0.15, 0.2) is 11.6 Å². The predicted octanol–water partition coefficient (Wildman–Crippen LogP) is 4.90. The van der Waals surface area contributed by atoms with Crippen molar-refractivity contribution in [3.8, 4) is 22.5 Å². The number of halogens is 2.